The van der Waals surface area contributed by atoms with Crippen molar-refractivity contribution in [3.63, 3.8) is 0 Å². The summed E-state index contributed by atoms with van der Waals surface area (Å²) in [7, 11) is 3.22. The Morgan fingerprint density at radius 3 is 2.81 bits per heavy atom. The highest BCUT2D eigenvalue weighted by Crippen LogP contribution is 2.29. The molecule has 16 heavy (non-hydrogen) atoms. The zero-order chi connectivity index (χ0) is 12.0. The van der Waals surface area contributed by atoms with Crippen LogP contribution in [0.5, 0.6) is 0 Å². The van der Waals surface area contributed by atoms with Crippen LogP contribution in [0.25, 0.3) is 0 Å². The zero-order valence-electron chi connectivity index (χ0n) is 9.97. The van der Waals surface area contributed by atoms with Gasteiger partial charge in [0.15, 0.2) is 6.29 Å². The maximum Gasteiger partial charge on any atom is 0.233 e. The Morgan fingerprint density at radius 1 is 1.56 bits per heavy atom. The number of amides is 1. The van der Waals surface area contributed by atoms with Gasteiger partial charge in [-0.2, -0.15) is 11.8 Å². The Labute approximate surface area is 105 Å². The molecule has 0 saturated carbocycles. The number of thioether (sulfide) groups is 2. The van der Waals surface area contributed by atoms with Gasteiger partial charge in [0, 0.05) is 20.8 Å². The van der Waals surface area contributed by atoms with E-state index in [1.807, 2.05) is 4.90 Å². The molecule has 4 nitrogen and oxygen atoms in total. The number of methoxy groups -OCH3 is 2. The maximum atomic E-state index is 11.7. The molecule has 0 aromatic heterocycles. The summed E-state index contributed by atoms with van der Waals surface area (Å²) in [5.41, 5.74) is 0. The van der Waals surface area contributed by atoms with E-state index in [1.165, 1.54) is 0 Å². The molecule has 0 aliphatic carbocycles. The molecule has 0 spiro atoms. The quantitative estimate of drug-likeness (QED) is 0.512. The fraction of sp³-hybridized carbons (Fsp3) is 0.900. The predicted octanol–water partition coefficient (Wildman–Crippen LogP) is 1.26. The van der Waals surface area contributed by atoms with E-state index in [4.69, 9.17) is 9.47 Å². The molecule has 1 rings (SSSR count). The predicted molar refractivity (Wildman–Crippen MR) is 68.8 cm³/mol. The standard InChI is InChI=1S/C10H19NO3S2/c1-13-10(14-2)9-11(5-4-6-15-3)8(12)7-16-9/h9-10H,4-7H2,1-3H3. The van der Waals surface area contributed by atoms with E-state index in [-0.39, 0.29) is 17.6 Å². The van der Waals surface area contributed by atoms with Crippen molar-refractivity contribution in [1.29, 1.82) is 0 Å². The Morgan fingerprint density at radius 2 is 2.25 bits per heavy atom. The van der Waals surface area contributed by atoms with Crippen molar-refractivity contribution >= 4 is 29.4 Å². The monoisotopic (exact) mass is 265 g/mol. The van der Waals surface area contributed by atoms with Crippen LogP contribution in [0.15, 0.2) is 0 Å². The van der Waals surface area contributed by atoms with Crippen LogP contribution in [0.2, 0.25) is 0 Å². The van der Waals surface area contributed by atoms with E-state index >= 15 is 0 Å². The molecule has 1 amide bonds. The molecular formula is C10H19NO3S2. The summed E-state index contributed by atoms with van der Waals surface area (Å²) in [6.45, 7) is 0.792. The Balaban J connectivity index is 2.51. The lowest BCUT2D eigenvalue weighted by molar-refractivity contribution is -0.145. The van der Waals surface area contributed by atoms with Crippen molar-refractivity contribution in [2.45, 2.75) is 18.1 Å². The molecule has 0 aromatic carbocycles. The first kappa shape index (κ1) is 14.2. The van der Waals surface area contributed by atoms with E-state index in [0.717, 1.165) is 18.7 Å². The summed E-state index contributed by atoms with van der Waals surface area (Å²) >= 11 is 3.39. The zero-order valence-corrected chi connectivity index (χ0v) is 11.6. The van der Waals surface area contributed by atoms with Crippen molar-refractivity contribution < 1.29 is 14.3 Å². The molecule has 0 radical (unpaired) electrons. The first-order chi connectivity index (χ1) is 7.74. The highest BCUT2D eigenvalue weighted by Gasteiger charge is 2.37. The summed E-state index contributed by atoms with van der Waals surface area (Å²) in [5, 5.41) is 0.00403. The molecular weight excluding hydrogens is 246 g/mol. The van der Waals surface area contributed by atoms with E-state index in [2.05, 4.69) is 6.26 Å². The van der Waals surface area contributed by atoms with Gasteiger partial charge >= 0.3 is 0 Å². The second-order valence-corrected chi connectivity index (χ2v) is 5.57. The van der Waals surface area contributed by atoms with Crippen molar-refractivity contribution in [3.8, 4) is 0 Å². The Bertz CT molecular complexity index is 224. The Kier molecular flexibility index (Phi) is 6.57. The van der Waals surface area contributed by atoms with E-state index < -0.39 is 0 Å². The SMILES string of the molecule is COC(OC)C1SCC(=O)N1CCCSC. The molecule has 94 valence electrons. The van der Waals surface area contributed by atoms with Crippen molar-refractivity contribution in [2.24, 2.45) is 0 Å². The average molecular weight is 265 g/mol. The van der Waals surface area contributed by atoms with Gasteiger partial charge in [0.1, 0.15) is 5.37 Å². The third-order valence-corrected chi connectivity index (χ3v) is 4.38. The first-order valence-electron chi connectivity index (χ1n) is 5.20. The minimum absolute atomic E-state index is 0.00403. The van der Waals surface area contributed by atoms with Crippen LogP contribution in [0.4, 0.5) is 0 Å². The van der Waals surface area contributed by atoms with Gasteiger partial charge in [-0.3, -0.25) is 4.79 Å². The lowest BCUT2D eigenvalue weighted by Gasteiger charge is -2.28. The molecule has 0 N–H and O–H groups in total. The average Bonchev–Trinajstić information content (AvgIpc) is 2.64. The molecule has 1 unspecified atom stereocenters. The largest absolute Gasteiger partial charge is 0.353 e. The molecule has 1 fully saturated rings. The lowest BCUT2D eigenvalue weighted by atomic mass is 10.4. The summed E-state index contributed by atoms with van der Waals surface area (Å²) in [6.07, 6.45) is 2.76. The van der Waals surface area contributed by atoms with Crippen LogP contribution in [0.3, 0.4) is 0 Å². The van der Waals surface area contributed by atoms with Crippen LogP contribution >= 0.6 is 23.5 Å². The first-order valence-corrected chi connectivity index (χ1v) is 7.64. The van der Waals surface area contributed by atoms with Gasteiger partial charge in [-0.15, -0.1) is 11.8 Å². The summed E-state index contributed by atoms with van der Waals surface area (Å²) in [6, 6.07) is 0. The summed E-state index contributed by atoms with van der Waals surface area (Å²) < 4.78 is 10.5. The minimum atomic E-state index is -0.328. The third kappa shape index (κ3) is 3.55. The number of nitrogens with zero attached hydrogens (tertiary/aromatic N) is 1. The number of rotatable bonds is 7. The van der Waals surface area contributed by atoms with E-state index in [9.17, 15) is 4.79 Å². The molecule has 1 saturated heterocycles. The van der Waals surface area contributed by atoms with Crippen LogP contribution in [-0.2, 0) is 14.3 Å². The summed E-state index contributed by atoms with van der Waals surface area (Å²) in [4.78, 5) is 13.6. The molecule has 1 aliphatic rings. The fourth-order valence-corrected chi connectivity index (χ4v) is 3.34. The number of ether oxygens (including phenoxy) is 2. The second kappa shape index (κ2) is 7.42. The van der Waals surface area contributed by atoms with Gasteiger partial charge in [-0.25, -0.2) is 0 Å². The lowest BCUT2D eigenvalue weighted by Crippen LogP contribution is -2.42. The topological polar surface area (TPSA) is 38.8 Å². The minimum Gasteiger partial charge on any atom is -0.353 e. The fourth-order valence-electron chi connectivity index (χ4n) is 1.66. The molecule has 1 aliphatic heterocycles. The van der Waals surface area contributed by atoms with Gasteiger partial charge in [0.05, 0.1) is 5.75 Å². The smallest absolute Gasteiger partial charge is 0.233 e. The van der Waals surface area contributed by atoms with Crippen molar-refractivity contribution in [2.75, 3.05) is 38.5 Å². The van der Waals surface area contributed by atoms with Gasteiger partial charge in [-0.05, 0) is 18.4 Å². The van der Waals surface area contributed by atoms with E-state index in [1.54, 1.807) is 37.7 Å². The second-order valence-electron chi connectivity index (χ2n) is 3.47. The van der Waals surface area contributed by atoms with Crippen molar-refractivity contribution in [3.05, 3.63) is 0 Å². The van der Waals surface area contributed by atoms with Gasteiger partial charge < -0.3 is 14.4 Å². The normalized spacial score (nSPS) is 21.1. The Hall–Kier alpha value is 0.0900. The van der Waals surface area contributed by atoms with Crippen LogP contribution < -0.4 is 0 Å². The van der Waals surface area contributed by atoms with Gasteiger partial charge in [-0.1, -0.05) is 0 Å². The maximum absolute atomic E-state index is 11.7. The third-order valence-electron chi connectivity index (χ3n) is 2.45. The van der Waals surface area contributed by atoms with Crippen LogP contribution in [0.1, 0.15) is 6.42 Å². The molecule has 6 heteroatoms. The highest BCUT2D eigenvalue weighted by atomic mass is 32.2. The van der Waals surface area contributed by atoms with Crippen molar-refractivity contribution in [1.82, 2.24) is 4.90 Å². The molecule has 0 aromatic rings. The molecule has 1 heterocycles. The number of hydrogen-bond donors (Lipinski definition) is 0. The summed E-state index contributed by atoms with van der Waals surface area (Å²) in [5.74, 6) is 1.80. The van der Waals surface area contributed by atoms with Crippen LogP contribution in [-0.4, -0.2) is 61.0 Å². The van der Waals surface area contributed by atoms with Gasteiger partial charge in [0.2, 0.25) is 5.91 Å². The number of carbonyl (C=O) groups excluding carboxylic acids is 1. The van der Waals surface area contributed by atoms with Gasteiger partial charge in [0.25, 0.3) is 0 Å². The molecule has 1 atom stereocenters. The number of hydrogen-bond acceptors (Lipinski definition) is 5. The van der Waals surface area contributed by atoms with Crippen LogP contribution in [0, 0.1) is 0 Å². The molecule has 0 bridgehead atoms. The van der Waals surface area contributed by atoms with E-state index in [0.29, 0.717) is 5.75 Å². The highest BCUT2D eigenvalue weighted by molar-refractivity contribution is 8.01. The number of carbonyl (C=O) groups is 1.